The second-order valence-electron chi connectivity index (χ2n) is 5.80. The summed E-state index contributed by atoms with van der Waals surface area (Å²) in [5.74, 6) is 1.52. The number of hydrogen-bond acceptors (Lipinski definition) is 3. The average Bonchev–Trinajstić information content (AvgIpc) is 3.03. The molecule has 1 aromatic heterocycles. The van der Waals surface area contributed by atoms with Crippen molar-refractivity contribution in [2.24, 2.45) is 5.92 Å². The van der Waals surface area contributed by atoms with Gasteiger partial charge in [-0.3, -0.25) is 4.79 Å². The quantitative estimate of drug-likeness (QED) is 0.872. The van der Waals surface area contributed by atoms with Crippen molar-refractivity contribution in [3.8, 4) is 5.75 Å². The first-order valence-corrected chi connectivity index (χ1v) is 7.73. The van der Waals surface area contributed by atoms with Gasteiger partial charge < -0.3 is 9.64 Å². The Morgan fingerprint density at radius 2 is 1.95 bits per heavy atom. The largest absolute Gasteiger partial charge is 0.471 e. The smallest absolute Gasteiger partial charge is 0.274 e. The summed E-state index contributed by atoms with van der Waals surface area (Å²) in [5.41, 5.74) is 0.492. The lowest BCUT2D eigenvalue weighted by molar-refractivity contribution is 0.0689. The van der Waals surface area contributed by atoms with Crippen molar-refractivity contribution < 1.29 is 9.53 Å². The zero-order chi connectivity index (χ0) is 15.4. The molecule has 3 rings (SSSR count). The first kappa shape index (κ1) is 14.6. The summed E-state index contributed by atoms with van der Waals surface area (Å²) >= 11 is 0. The normalized spacial score (nSPS) is 15.8. The number of amides is 1. The Kier molecular flexibility index (Phi) is 4.42. The highest BCUT2D eigenvalue weighted by Crippen LogP contribution is 2.17. The molecule has 22 heavy (non-hydrogen) atoms. The number of para-hydroxylation sites is 1. The molecule has 0 saturated carbocycles. The molecular weight excluding hydrogens is 278 g/mol. The fourth-order valence-corrected chi connectivity index (χ4v) is 2.58. The number of benzene rings is 1. The SMILES string of the molecule is CC1CCN(C(=O)c2ccn(COc3ccccc3)n2)CC1. The lowest BCUT2D eigenvalue weighted by atomic mass is 9.99. The molecular formula is C17H21N3O2. The third-order valence-corrected chi connectivity index (χ3v) is 4.04. The summed E-state index contributed by atoms with van der Waals surface area (Å²) in [7, 11) is 0. The van der Waals surface area contributed by atoms with Gasteiger partial charge in [0.1, 0.15) is 5.75 Å². The van der Waals surface area contributed by atoms with Gasteiger partial charge in [0, 0.05) is 19.3 Å². The predicted octanol–water partition coefficient (Wildman–Crippen LogP) is 2.79. The second-order valence-corrected chi connectivity index (χ2v) is 5.80. The highest BCUT2D eigenvalue weighted by Gasteiger charge is 2.22. The molecule has 0 radical (unpaired) electrons. The maximum absolute atomic E-state index is 12.4. The Labute approximate surface area is 130 Å². The lowest BCUT2D eigenvalue weighted by Crippen LogP contribution is -2.38. The number of carbonyl (C=O) groups is 1. The summed E-state index contributed by atoms with van der Waals surface area (Å²) in [5, 5.41) is 4.32. The van der Waals surface area contributed by atoms with Gasteiger partial charge >= 0.3 is 0 Å². The number of ether oxygens (including phenoxy) is 1. The molecule has 2 heterocycles. The van der Waals surface area contributed by atoms with Gasteiger partial charge in [-0.1, -0.05) is 25.1 Å². The van der Waals surface area contributed by atoms with Crippen molar-refractivity contribution in [1.29, 1.82) is 0 Å². The molecule has 1 aromatic carbocycles. The molecule has 1 aliphatic rings. The van der Waals surface area contributed by atoms with Crippen LogP contribution in [-0.2, 0) is 6.73 Å². The van der Waals surface area contributed by atoms with Crippen LogP contribution < -0.4 is 4.74 Å². The van der Waals surface area contributed by atoms with Gasteiger partial charge in [0.2, 0.25) is 0 Å². The minimum Gasteiger partial charge on any atom is -0.471 e. The van der Waals surface area contributed by atoms with Crippen LogP contribution in [0, 0.1) is 5.92 Å². The maximum atomic E-state index is 12.4. The Bertz CT molecular complexity index is 616. The van der Waals surface area contributed by atoms with Crippen LogP contribution in [0.1, 0.15) is 30.3 Å². The van der Waals surface area contributed by atoms with E-state index in [0.29, 0.717) is 18.3 Å². The molecule has 0 unspecified atom stereocenters. The van der Waals surface area contributed by atoms with E-state index in [-0.39, 0.29) is 5.91 Å². The third kappa shape index (κ3) is 3.47. The first-order chi connectivity index (χ1) is 10.7. The average molecular weight is 299 g/mol. The van der Waals surface area contributed by atoms with E-state index >= 15 is 0 Å². The van der Waals surface area contributed by atoms with Gasteiger partial charge in [-0.25, -0.2) is 4.68 Å². The monoisotopic (exact) mass is 299 g/mol. The van der Waals surface area contributed by atoms with Crippen LogP contribution >= 0.6 is 0 Å². The molecule has 0 aliphatic carbocycles. The number of hydrogen-bond donors (Lipinski definition) is 0. The van der Waals surface area contributed by atoms with Crippen molar-refractivity contribution in [3.63, 3.8) is 0 Å². The molecule has 1 amide bonds. The molecule has 0 bridgehead atoms. The number of rotatable bonds is 4. The first-order valence-electron chi connectivity index (χ1n) is 7.73. The van der Waals surface area contributed by atoms with E-state index in [1.807, 2.05) is 35.2 Å². The minimum absolute atomic E-state index is 0.0189. The Morgan fingerprint density at radius 1 is 1.23 bits per heavy atom. The predicted molar refractivity (Wildman–Crippen MR) is 83.6 cm³/mol. The summed E-state index contributed by atoms with van der Waals surface area (Å²) in [4.78, 5) is 14.3. The van der Waals surface area contributed by atoms with Crippen LogP contribution in [-0.4, -0.2) is 33.7 Å². The lowest BCUT2D eigenvalue weighted by Gasteiger charge is -2.29. The molecule has 116 valence electrons. The molecule has 0 N–H and O–H groups in total. The molecule has 5 nitrogen and oxygen atoms in total. The number of piperidine rings is 1. The molecule has 1 aliphatic heterocycles. The zero-order valence-corrected chi connectivity index (χ0v) is 12.8. The molecule has 2 aromatic rings. The van der Waals surface area contributed by atoms with Gasteiger partial charge in [0.15, 0.2) is 12.4 Å². The molecule has 0 atom stereocenters. The van der Waals surface area contributed by atoms with Crippen LogP contribution in [0.3, 0.4) is 0 Å². The van der Waals surface area contributed by atoms with Crippen LogP contribution in [0.2, 0.25) is 0 Å². The standard InChI is InChI=1S/C17H21N3O2/c1-14-7-10-19(11-8-14)17(21)16-9-12-20(18-16)13-22-15-5-3-2-4-6-15/h2-6,9,12,14H,7-8,10-11,13H2,1H3. The second kappa shape index (κ2) is 6.64. The van der Waals surface area contributed by atoms with Crippen LogP contribution in [0.15, 0.2) is 42.6 Å². The van der Waals surface area contributed by atoms with Crippen LogP contribution in [0.4, 0.5) is 0 Å². The summed E-state index contributed by atoms with van der Waals surface area (Å²) in [6.07, 6.45) is 3.93. The van der Waals surface area contributed by atoms with E-state index < -0.39 is 0 Å². The number of nitrogens with zero attached hydrogens (tertiary/aromatic N) is 3. The van der Waals surface area contributed by atoms with E-state index in [2.05, 4.69) is 12.0 Å². The number of aromatic nitrogens is 2. The molecule has 0 spiro atoms. The van der Waals surface area contributed by atoms with E-state index in [0.717, 1.165) is 31.7 Å². The highest BCUT2D eigenvalue weighted by atomic mass is 16.5. The zero-order valence-electron chi connectivity index (χ0n) is 12.8. The van der Waals surface area contributed by atoms with E-state index in [9.17, 15) is 4.79 Å². The minimum atomic E-state index is 0.0189. The highest BCUT2D eigenvalue weighted by molar-refractivity contribution is 5.92. The van der Waals surface area contributed by atoms with Gasteiger partial charge in [-0.05, 0) is 37.0 Å². The molecule has 1 saturated heterocycles. The Morgan fingerprint density at radius 3 is 2.68 bits per heavy atom. The fraction of sp³-hybridized carbons (Fsp3) is 0.412. The van der Waals surface area contributed by atoms with E-state index in [4.69, 9.17) is 4.74 Å². The van der Waals surface area contributed by atoms with Gasteiger partial charge in [0.25, 0.3) is 5.91 Å². The van der Waals surface area contributed by atoms with Crippen molar-refractivity contribution >= 4 is 5.91 Å². The van der Waals surface area contributed by atoms with Crippen molar-refractivity contribution in [3.05, 3.63) is 48.3 Å². The topological polar surface area (TPSA) is 47.4 Å². The Hall–Kier alpha value is -2.30. The van der Waals surface area contributed by atoms with Gasteiger partial charge in [-0.15, -0.1) is 0 Å². The van der Waals surface area contributed by atoms with E-state index in [1.165, 1.54) is 0 Å². The Balaban J connectivity index is 1.57. The van der Waals surface area contributed by atoms with Crippen molar-refractivity contribution in [1.82, 2.24) is 14.7 Å². The van der Waals surface area contributed by atoms with Crippen LogP contribution in [0.25, 0.3) is 0 Å². The maximum Gasteiger partial charge on any atom is 0.274 e. The van der Waals surface area contributed by atoms with Crippen LogP contribution in [0.5, 0.6) is 5.75 Å². The van der Waals surface area contributed by atoms with Crippen molar-refractivity contribution in [2.45, 2.75) is 26.5 Å². The summed E-state index contributed by atoms with van der Waals surface area (Å²) in [6, 6.07) is 11.3. The van der Waals surface area contributed by atoms with E-state index in [1.54, 1.807) is 16.9 Å². The third-order valence-electron chi connectivity index (χ3n) is 4.04. The summed E-state index contributed by atoms with van der Waals surface area (Å²) in [6.45, 7) is 4.19. The fourth-order valence-electron chi connectivity index (χ4n) is 2.58. The summed E-state index contributed by atoms with van der Waals surface area (Å²) < 4.78 is 7.27. The molecule has 1 fully saturated rings. The number of carbonyl (C=O) groups excluding carboxylic acids is 1. The van der Waals surface area contributed by atoms with Gasteiger partial charge in [-0.2, -0.15) is 5.10 Å². The van der Waals surface area contributed by atoms with Crippen molar-refractivity contribution in [2.75, 3.05) is 13.1 Å². The molecule has 5 heteroatoms. The number of likely N-dealkylation sites (tertiary alicyclic amines) is 1. The van der Waals surface area contributed by atoms with Gasteiger partial charge in [0.05, 0.1) is 0 Å².